The molecule has 0 aromatic heterocycles. The number of carbonyl (C=O) groups excluding carboxylic acids is 2. The average molecular weight is 300 g/mol. The number of imide groups is 1. The zero-order valence-electron chi connectivity index (χ0n) is 12.9. The van der Waals surface area contributed by atoms with Crippen LogP contribution in [0.1, 0.15) is 50.3 Å². The van der Waals surface area contributed by atoms with E-state index in [1.807, 2.05) is 19.9 Å². The third-order valence-corrected chi connectivity index (χ3v) is 4.62. The molecule has 1 heterocycles. The summed E-state index contributed by atoms with van der Waals surface area (Å²) in [5.41, 5.74) is 0.479. The molecule has 2 rings (SSSR count). The second-order valence-electron chi connectivity index (χ2n) is 5.72. The highest BCUT2D eigenvalue weighted by Gasteiger charge is 2.49. The van der Waals surface area contributed by atoms with E-state index in [9.17, 15) is 14.7 Å². The number of amides is 2. The average Bonchev–Trinajstić information content (AvgIpc) is 2.79. The van der Waals surface area contributed by atoms with Gasteiger partial charge in [0.2, 0.25) is 11.8 Å². The number of hydrogen-bond donors (Lipinski definition) is 1. The maximum Gasteiger partial charge on any atom is 0.235 e. The van der Waals surface area contributed by atoms with Gasteiger partial charge < -0.3 is 5.11 Å². The largest absolute Gasteiger partial charge is 0.387 e. The van der Waals surface area contributed by atoms with Crippen LogP contribution in [-0.4, -0.2) is 28.4 Å². The first-order valence-corrected chi connectivity index (χ1v) is 7.50. The molecule has 1 unspecified atom stereocenters. The van der Waals surface area contributed by atoms with Crippen LogP contribution in [0.25, 0.3) is 0 Å². The van der Waals surface area contributed by atoms with Crippen molar-refractivity contribution < 1.29 is 14.7 Å². The van der Waals surface area contributed by atoms with Gasteiger partial charge in [0, 0.05) is 6.42 Å². The highest BCUT2D eigenvalue weighted by atomic mass is 16.3. The maximum absolute atomic E-state index is 12.5. The molecule has 1 fully saturated rings. The Kier molecular flexibility index (Phi) is 4.62. The highest BCUT2D eigenvalue weighted by molar-refractivity contribution is 6.05. The molecule has 5 heteroatoms. The smallest absolute Gasteiger partial charge is 0.235 e. The first-order chi connectivity index (χ1) is 10.5. The molecular weight excluding hydrogens is 280 g/mol. The number of nitriles is 1. The van der Waals surface area contributed by atoms with Crippen molar-refractivity contribution >= 4 is 11.8 Å². The second-order valence-corrected chi connectivity index (χ2v) is 5.72. The molecule has 0 aliphatic carbocycles. The summed E-state index contributed by atoms with van der Waals surface area (Å²) in [5, 5.41) is 19.0. The first-order valence-electron chi connectivity index (χ1n) is 7.50. The van der Waals surface area contributed by atoms with Gasteiger partial charge in [0.15, 0.2) is 0 Å². The van der Waals surface area contributed by atoms with Crippen molar-refractivity contribution in [3.63, 3.8) is 0 Å². The predicted octanol–water partition coefficient (Wildman–Crippen LogP) is 2.16. The Morgan fingerprint density at radius 3 is 2.32 bits per heavy atom. The minimum atomic E-state index is -0.940. The van der Waals surface area contributed by atoms with E-state index in [4.69, 9.17) is 5.26 Å². The molecule has 0 saturated carbocycles. The van der Waals surface area contributed by atoms with E-state index in [0.717, 1.165) is 0 Å². The van der Waals surface area contributed by atoms with E-state index in [1.54, 1.807) is 24.3 Å². The quantitative estimate of drug-likeness (QED) is 0.845. The summed E-state index contributed by atoms with van der Waals surface area (Å²) in [6.45, 7) is 3.79. The number of aliphatic hydroxyl groups is 1. The van der Waals surface area contributed by atoms with Crippen LogP contribution in [-0.2, 0) is 9.59 Å². The number of benzene rings is 1. The van der Waals surface area contributed by atoms with E-state index in [2.05, 4.69) is 0 Å². The Hall–Kier alpha value is -2.19. The molecule has 2 amide bonds. The fourth-order valence-electron chi connectivity index (χ4n) is 2.91. The van der Waals surface area contributed by atoms with Gasteiger partial charge in [-0.3, -0.25) is 14.5 Å². The monoisotopic (exact) mass is 300 g/mol. The molecule has 0 bridgehead atoms. The molecule has 0 radical (unpaired) electrons. The standard InChI is InChI=1S/C17H20N2O3/c1-3-17(4-2)9-15(21)19(16(17)22)11-14(20)13-7-5-12(10-18)6-8-13/h5-8,14,20H,3-4,9,11H2,1-2H3. The van der Waals surface area contributed by atoms with Crippen LogP contribution in [0.2, 0.25) is 0 Å². The van der Waals surface area contributed by atoms with Gasteiger partial charge in [0.25, 0.3) is 0 Å². The van der Waals surface area contributed by atoms with Crippen molar-refractivity contribution in [3.05, 3.63) is 35.4 Å². The van der Waals surface area contributed by atoms with Crippen molar-refractivity contribution in [3.8, 4) is 6.07 Å². The molecule has 1 aliphatic rings. The summed E-state index contributed by atoms with van der Waals surface area (Å²) in [7, 11) is 0. The van der Waals surface area contributed by atoms with Crippen LogP contribution in [0, 0.1) is 16.7 Å². The molecular formula is C17H20N2O3. The van der Waals surface area contributed by atoms with Gasteiger partial charge in [-0.1, -0.05) is 26.0 Å². The van der Waals surface area contributed by atoms with E-state index < -0.39 is 11.5 Å². The number of carbonyl (C=O) groups is 2. The highest BCUT2D eigenvalue weighted by Crippen LogP contribution is 2.39. The van der Waals surface area contributed by atoms with Gasteiger partial charge in [0.05, 0.1) is 29.7 Å². The summed E-state index contributed by atoms with van der Waals surface area (Å²) in [6.07, 6.45) is 0.527. The number of likely N-dealkylation sites (tertiary alicyclic amines) is 1. The molecule has 116 valence electrons. The molecule has 22 heavy (non-hydrogen) atoms. The molecule has 5 nitrogen and oxygen atoms in total. The van der Waals surface area contributed by atoms with Crippen molar-refractivity contribution in [1.29, 1.82) is 5.26 Å². The molecule has 1 aliphatic heterocycles. The van der Waals surface area contributed by atoms with E-state index in [1.165, 1.54) is 4.90 Å². The zero-order chi connectivity index (χ0) is 16.3. The van der Waals surface area contributed by atoms with Crippen LogP contribution in [0.15, 0.2) is 24.3 Å². The summed E-state index contributed by atoms with van der Waals surface area (Å²) >= 11 is 0. The minimum Gasteiger partial charge on any atom is -0.387 e. The Balaban J connectivity index is 2.14. The fraction of sp³-hybridized carbons (Fsp3) is 0.471. The lowest BCUT2D eigenvalue weighted by atomic mass is 9.81. The second kappa shape index (κ2) is 6.29. The number of rotatable bonds is 5. The molecule has 0 spiro atoms. The van der Waals surface area contributed by atoms with Crippen molar-refractivity contribution in [1.82, 2.24) is 4.90 Å². The lowest BCUT2D eigenvalue weighted by molar-refractivity contribution is -0.143. The predicted molar refractivity (Wildman–Crippen MR) is 80.5 cm³/mol. The maximum atomic E-state index is 12.5. The van der Waals surface area contributed by atoms with Gasteiger partial charge in [-0.25, -0.2) is 0 Å². The molecule has 1 saturated heterocycles. The van der Waals surface area contributed by atoms with Gasteiger partial charge in [0.1, 0.15) is 0 Å². The Labute approximate surface area is 130 Å². The third-order valence-electron chi connectivity index (χ3n) is 4.62. The summed E-state index contributed by atoms with van der Waals surface area (Å²) in [6, 6.07) is 8.50. The third kappa shape index (κ3) is 2.75. The minimum absolute atomic E-state index is 0.0364. The van der Waals surface area contributed by atoms with E-state index in [0.29, 0.717) is 24.0 Å². The number of aliphatic hydroxyl groups excluding tert-OH is 1. The summed E-state index contributed by atoms with van der Waals surface area (Å²) < 4.78 is 0. The Morgan fingerprint density at radius 1 is 1.27 bits per heavy atom. The number of β-amino-alcohol motifs (C(OH)–C–C–N with tert-alkyl or cyclic N) is 1. The van der Waals surface area contributed by atoms with Crippen LogP contribution in [0.5, 0.6) is 0 Å². The molecule has 1 N–H and O–H groups in total. The topological polar surface area (TPSA) is 81.4 Å². The summed E-state index contributed by atoms with van der Waals surface area (Å²) in [5.74, 6) is -0.406. The van der Waals surface area contributed by atoms with Gasteiger partial charge in [-0.2, -0.15) is 5.26 Å². The Bertz CT molecular complexity index is 612. The lowest BCUT2D eigenvalue weighted by Crippen LogP contribution is -2.37. The van der Waals surface area contributed by atoms with Crippen molar-refractivity contribution in [2.75, 3.05) is 6.54 Å². The van der Waals surface area contributed by atoms with Crippen LogP contribution >= 0.6 is 0 Å². The Morgan fingerprint density at radius 2 is 1.86 bits per heavy atom. The van der Waals surface area contributed by atoms with E-state index in [-0.39, 0.29) is 24.8 Å². The van der Waals surface area contributed by atoms with Gasteiger partial charge in [-0.15, -0.1) is 0 Å². The van der Waals surface area contributed by atoms with Crippen LogP contribution in [0.3, 0.4) is 0 Å². The fourth-order valence-corrected chi connectivity index (χ4v) is 2.91. The molecule has 1 aromatic carbocycles. The summed E-state index contributed by atoms with van der Waals surface area (Å²) in [4.78, 5) is 25.8. The number of hydrogen-bond acceptors (Lipinski definition) is 4. The molecule has 1 atom stereocenters. The molecule has 1 aromatic rings. The van der Waals surface area contributed by atoms with Gasteiger partial charge in [-0.05, 0) is 30.5 Å². The van der Waals surface area contributed by atoms with Crippen LogP contribution < -0.4 is 0 Å². The van der Waals surface area contributed by atoms with Crippen LogP contribution in [0.4, 0.5) is 0 Å². The van der Waals surface area contributed by atoms with E-state index >= 15 is 0 Å². The van der Waals surface area contributed by atoms with Crippen molar-refractivity contribution in [2.45, 2.75) is 39.2 Å². The number of nitrogens with zero attached hydrogens (tertiary/aromatic N) is 2. The lowest BCUT2D eigenvalue weighted by Gasteiger charge is -2.24. The first kappa shape index (κ1) is 16.2. The SMILES string of the molecule is CCC1(CC)CC(=O)N(CC(O)c2ccc(C#N)cc2)C1=O. The van der Waals surface area contributed by atoms with Crippen molar-refractivity contribution in [2.24, 2.45) is 5.41 Å². The zero-order valence-corrected chi connectivity index (χ0v) is 12.9. The van der Waals surface area contributed by atoms with Gasteiger partial charge >= 0.3 is 0 Å². The normalized spacial score (nSPS) is 18.4.